The van der Waals surface area contributed by atoms with Gasteiger partial charge in [0.05, 0.1) is 12.7 Å². The first-order valence-corrected chi connectivity index (χ1v) is 16.7. The van der Waals surface area contributed by atoms with Crippen molar-refractivity contribution in [1.82, 2.24) is 10.2 Å². The highest BCUT2D eigenvalue weighted by atomic mass is 16.7. The van der Waals surface area contributed by atoms with Gasteiger partial charge in [-0.05, 0) is 32.6 Å². The Balaban J connectivity index is 2.27. The SMILES string of the molecule is CCCCCCCC(=O)OCC/C=C\[C@H](O)[C@H](O)[C@H]1OC(=O)/C=C\C=C\C(=O)N(C(C)=O)C(=O)/C=C(\C)CC[C@H]2O[C@@H]2[C@H]1OC(=O)NC(C)=O. The van der Waals surface area contributed by atoms with Gasteiger partial charge in [0.2, 0.25) is 11.8 Å². The highest BCUT2D eigenvalue weighted by Gasteiger charge is 2.53. The van der Waals surface area contributed by atoms with Gasteiger partial charge in [-0.2, -0.15) is 0 Å². The second-order valence-corrected chi connectivity index (χ2v) is 12.0. The Morgan fingerprint density at radius 1 is 1.04 bits per heavy atom. The molecule has 0 bridgehead atoms. The topological polar surface area (TPSA) is 215 Å². The molecule has 3 N–H and O–H groups in total. The number of epoxide rings is 1. The molecule has 0 aromatic carbocycles. The number of nitrogens with zero attached hydrogens (tertiary/aromatic N) is 1. The van der Waals surface area contributed by atoms with Gasteiger partial charge in [0.15, 0.2) is 12.2 Å². The number of nitrogens with one attached hydrogen (secondary N) is 1. The molecule has 0 unspecified atom stereocenters. The molecule has 15 heteroatoms. The lowest BCUT2D eigenvalue weighted by molar-refractivity contribution is -0.166. The van der Waals surface area contributed by atoms with Gasteiger partial charge in [-0.1, -0.05) is 62.5 Å². The molecule has 1 saturated heterocycles. The Bertz CT molecular complexity index is 1350. The summed E-state index contributed by atoms with van der Waals surface area (Å²) in [5.74, 6) is -4.83. The zero-order chi connectivity index (χ0) is 37.2. The van der Waals surface area contributed by atoms with Crippen LogP contribution in [0, 0.1) is 0 Å². The molecule has 2 heterocycles. The first-order chi connectivity index (χ1) is 23.7. The second kappa shape index (κ2) is 21.6. The Morgan fingerprint density at radius 2 is 1.74 bits per heavy atom. The van der Waals surface area contributed by atoms with Crippen LogP contribution >= 0.6 is 0 Å². The number of carbonyl (C=O) groups excluding carboxylic acids is 7. The van der Waals surface area contributed by atoms with E-state index in [1.54, 1.807) is 6.92 Å². The number of carbonyl (C=O) groups is 7. The largest absolute Gasteiger partial charge is 0.465 e. The Morgan fingerprint density at radius 3 is 2.42 bits per heavy atom. The minimum Gasteiger partial charge on any atom is -0.465 e. The number of imide groups is 4. The summed E-state index contributed by atoms with van der Waals surface area (Å²) in [6.45, 7) is 5.86. The number of fused-ring (bicyclic) bond motifs is 1. The number of amides is 5. The zero-order valence-electron chi connectivity index (χ0n) is 28.9. The fourth-order valence-corrected chi connectivity index (χ4v) is 5.01. The first-order valence-electron chi connectivity index (χ1n) is 16.7. The van der Waals surface area contributed by atoms with Crippen LogP contribution in [-0.4, -0.2) is 100 Å². The predicted molar refractivity (Wildman–Crippen MR) is 177 cm³/mol. The number of unbranched alkanes of at least 4 members (excludes halogenated alkanes) is 4. The number of rotatable bonds is 13. The van der Waals surface area contributed by atoms with Crippen LogP contribution in [0.1, 0.15) is 85.5 Å². The highest BCUT2D eigenvalue weighted by molar-refractivity contribution is 6.16. The summed E-state index contributed by atoms with van der Waals surface area (Å²) < 4.78 is 21.8. The zero-order valence-corrected chi connectivity index (χ0v) is 28.9. The summed E-state index contributed by atoms with van der Waals surface area (Å²) in [4.78, 5) is 86.6. The average Bonchev–Trinajstić information content (AvgIpc) is 3.81. The van der Waals surface area contributed by atoms with Crippen LogP contribution in [0.2, 0.25) is 0 Å². The molecule has 0 aromatic heterocycles. The number of ether oxygens (including phenoxy) is 4. The van der Waals surface area contributed by atoms with Crippen LogP contribution in [-0.2, 0) is 47.7 Å². The first kappa shape index (κ1) is 41.7. The summed E-state index contributed by atoms with van der Waals surface area (Å²) >= 11 is 0. The minimum absolute atomic E-state index is 0.0323. The van der Waals surface area contributed by atoms with Gasteiger partial charge >= 0.3 is 18.0 Å². The molecular weight excluding hydrogens is 656 g/mol. The second-order valence-electron chi connectivity index (χ2n) is 12.0. The van der Waals surface area contributed by atoms with Gasteiger partial charge < -0.3 is 29.2 Å². The molecule has 15 nitrogen and oxygen atoms in total. The van der Waals surface area contributed by atoms with Crippen molar-refractivity contribution in [3.8, 4) is 0 Å². The van der Waals surface area contributed by atoms with Gasteiger partial charge in [0.25, 0.3) is 11.8 Å². The van der Waals surface area contributed by atoms with Gasteiger partial charge in [-0.25, -0.2) is 14.5 Å². The highest BCUT2D eigenvalue weighted by Crippen LogP contribution is 2.35. The van der Waals surface area contributed by atoms with E-state index >= 15 is 0 Å². The standard InChI is InChI=1S/C35H48N2O13/c1-5-6-7-8-9-16-29(43)47-20-13-12-14-25(40)31(45)33-34(50-35(46)36-23(3)38)32-26(48-32)19-18-22(2)21-28(42)37(24(4)39)27(41)15-10-11-17-30(44)49-33/h10-12,14-15,17,21,25-26,31-34,40,45H,5-9,13,16,18-20H2,1-4H3,(H,36,38,46)/b14-12-,15-10+,17-11-,22-21+/t25-,26+,31-,32-,33+,34+/m0/s1. The number of aliphatic hydroxyl groups is 2. The van der Waals surface area contributed by atoms with Crippen molar-refractivity contribution < 1.29 is 62.7 Å². The van der Waals surface area contributed by atoms with E-state index in [0.717, 1.165) is 76.3 Å². The van der Waals surface area contributed by atoms with E-state index in [4.69, 9.17) is 18.9 Å². The smallest absolute Gasteiger partial charge is 0.414 e. The van der Waals surface area contributed by atoms with E-state index in [1.807, 2.05) is 5.32 Å². The number of alkyl carbamates (subject to hydrolysis) is 1. The minimum atomic E-state index is -1.89. The Labute approximate surface area is 291 Å². The van der Waals surface area contributed by atoms with Crippen LogP contribution in [0.4, 0.5) is 4.79 Å². The summed E-state index contributed by atoms with van der Waals surface area (Å²) in [6, 6.07) is 0. The maximum absolute atomic E-state index is 12.9. The van der Waals surface area contributed by atoms with E-state index < -0.39 is 72.3 Å². The molecule has 5 amide bonds. The number of esters is 2. The molecule has 0 radical (unpaired) electrons. The Hall–Kier alpha value is -4.47. The van der Waals surface area contributed by atoms with Gasteiger partial charge in [0, 0.05) is 38.5 Å². The van der Waals surface area contributed by atoms with Crippen molar-refractivity contribution >= 4 is 41.7 Å². The molecule has 0 spiro atoms. The van der Waals surface area contributed by atoms with Crippen molar-refractivity contribution in [2.75, 3.05) is 6.61 Å². The lowest BCUT2D eigenvalue weighted by Gasteiger charge is -2.30. The molecule has 50 heavy (non-hydrogen) atoms. The van der Waals surface area contributed by atoms with E-state index in [0.29, 0.717) is 16.9 Å². The van der Waals surface area contributed by atoms with E-state index in [-0.39, 0.29) is 31.8 Å². The van der Waals surface area contributed by atoms with Crippen LogP contribution in [0.3, 0.4) is 0 Å². The van der Waals surface area contributed by atoms with Crippen molar-refractivity contribution in [1.29, 1.82) is 0 Å². The monoisotopic (exact) mass is 704 g/mol. The summed E-state index contributed by atoms with van der Waals surface area (Å²) in [7, 11) is 0. The number of aliphatic hydroxyl groups excluding tert-OH is 2. The molecule has 1 fully saturated rings. The van der Waals surface area contributed by atoms with Gasteiger partial charge in [0.1, 0.15) is 18.3 Å². The molecule has 2 rings (SSSR count). The molecule has 0 saturated carbocycles. The van der Waals surface area contributed by atoms with E-state index in [9.17, 15) is 43.8 Å². The van der Waals surface area contributed by atoms with Gasteiger partial charge in [-0.3, -0.25) is 29.3 Å². The van der Waals surface area contributed by atoms with Crippen LogP contribution < -0.4 is 5.32 Å². The number of hydrogen-bond acceptors (Lipinski definition) is 13. The number of cyclic esters (lactones) is 1. The van der Waals surface area contributed by atoms with Crippen molar-refractivity contribution in [2.24, 2.45) is 0 Å². The molecule has 0 aromatic rings. The third-order valence-electron chi connectivity index (χ3n) is 7.63. The maximum atomic E-state index is 12.9. The molecule has 6 atom stereocenters. The average molecular weight is 705 g/mol. The maximum Gasteiger partial charge on any atom is 0.414 e. The lowest BCUT2D eigenvalue weighted by Crippen LogP contribution is -2.51. The molecular formula is C35H48N2O13. The van der Waals surface area contributed by atoms with E-state index in [1.165, 1.54) is 12.2 Å². The summed E-state index contributed by atoms with van der Waals surface area (Å²) in [5.41, 5.74) is 0.490. The molecule has 276 valence electrons. The van der Waals surface area contributed by atoms with Crippen LogP contribution in [0.25, 0.3) is 0 Å². The van der Waals surface area contributed by atoms with Gasteiger partial charge in [-0.15, -0.1) is 0 Å². The Kier molecular flexibility index (Phi) is 18.0. The quantitative estimate of drug-likeness (QED) is 0.0629. The van der Waals surface area contributed by atoms with Crippen molar-refractivity contribution in [3.63, 3.8) is 0 Å². The molecule has 0 aliphatic carbocycles. The van der Waals surface area contributed by atoms with Crippen molar-refractivity contribution in [2.45, 2.75) is 122 Å². The molecule has 2 aliphatic heterocycles. The third kappa shape index (κ3) is 15.0. The summed E-state index contributed by atoms with van der Waals surface area (Å²) in [6.07, 6.45) is 3.91. The number of allylic oxidation sites excluding steroid dienone is 3. The third-order valence-corrected chi connectivity index (χ3v) is 7.63. The predicted octanol–water partition coefficient (Wildman–Crippen LogP) is 2.63. The lowest BCUT2D eigenvalue weighted by atomic mass is 9.97. The fourth-order valence-electron chi connectivity index (χ4n) is 5.01. The van der Waals surface area contributed by atoms with Crippen molar-refractivity contribution in [3.05, 3.63) is 48.1 Å². The molecule has 2 aliphatic rings. The summed E-state index contributed by atoms with van der Waals surface area (Å²) in [5, 5.41) is 24.0. The van der Waals surface area contributed by atoms with Crippen LogP contribution in [0.15, 0.2) is 48.1 Å². The van der Waals surface area contributed by atoms with E-state index in [2.05, 4.69) is 6.92 Å². The normalized spacial score (nSPS) is 25.2. The number of hydrogen-bond donors (Lipinski definition) is 3. The van der Waals surface area contributed by atoms with Crippen LogP contribution in [0.5, 0.6) is 0 Å². The fraction of sp³-hybridized carbons (Fsp3) is 0.571.